The van der Waals surface area contributed by atoms with E-state index in [0.29, 0.717) is 12.8 Å². The van der Waals surface area contributed by atoms with Crippen LogP contribution in [0.15, 0.2) is 64.6 Å². The van der Waals surface area contributed by atoms with Crippen molar-refractivity contribution in [2.24, 2.45) is 5.16 Å². The molecule has 4 rings (SSSR count). The molecule has 32 heavy (non-hydrogen) atoms. The number of hydrogen-bond donors (Lipinski definition) is 1. The second-order valence-corrected chi connectivity index (χ2v) is 9.17. The number of alkyl halides is 3. The molecule has 1 fully saturated rings. The van der Waals surface area contributed by atoms with Crippen LogP contribution in [0.25, 0.3) is 10.9 Å². The quantitative estimate of drug-likeness (QED) is 0.544. The number of nitrogens with zero attached hydrogens (tertiary/aromatic N) is 2. The van der Waals surface area contributed by atoms with Crippen LogP contribution < -0.4 is 4.74 Å². The lowest BCUT2D eigenvalue weighted by Gasteiger charge is -2.26. The highest BCUT2D eigenvalue weighted by molar-refractivity contribution is 7.89. The Bertz CT molecular complexity index is 1180. The van der Waals surface area contributed by atoms with Crippen molar-refractivity contribution >= 4 is 26.6 Å². The van der Waals surface area contributed by atoms with Crippen molar-refractivity contribution in [2.75, 3.05) is 13.1 Å². The van der Waals surface area contributed by atoms with Crippen molar-refractivity contribution in [1.82, 2.24) is 9.29 Å². The number of H-pyrrole nitrogens is 1. The number of para-hydroxylation sites is 1. The highest BCUT2D eigenvalue weighted by atomic mass is 32.2. The number of fused-ring (bicyclic) bond motifs is 1. The molecular formula is C21H20F3N3O4S. The zero-order valence-corrected chi connectivity index (χ0v) is 17.6. The summed E-state index contributed by atoms with van der Waals surface area (Å²) in [7, 11) is -3.83. The van der Waals surface area contributed by atoms with Gasteiger partial charge in [0.2, 0.25) is 10.0 Å². The molecule has 7 nitrogen and oxygen atoms in total. The fourth-order valence-electron chi connectivity index (χ4n) is 3.44. The number of oxime groups is 1. The molecule has 0 aliphatic carbocycles. The van der Waals surface area contributed by atoms with Crippen LogP contribution in [-0.2, 0) is 21.5 Å². The van der Waals surface area contributed by atoms with Crippen LogP contribution >= 0.6 is 0 Å². The van der Waals surface area contributed by atoms with Gasteiger partial charge in [-0.15, -0.1) is 13.2 Å². The van der Waals surface area contributed by atoms with E-state index in [4.69, 9.17) is 4.84 Å². The van der Waals surface area contributed by atoms with E-state index in [1.54, 1.807) is 0 Å². The fourth-order valence-corrected chi connectivity index (χ4v) is 4.88. The number of ether oxygens (including phenoxy) is 1. The predicted octanol–water partition coefficient (Wildman–Crippen LogP) is 4.42. The van der Waals surface area contributed by atoms with E-state index in [-0.39, 0.29) is 24.6 Å². The van der Waals surface area contributed by atoms with Gasteiger partial charge in [0.25, 0.3) is 0 Å². The number of nitrogens with one attached hydrogen (secondary N) is 1. The average Bonchev–Trinajstić information content (AvgIpc) is 3.16. The minimum atomic E-state index is -4.83. The number of piperidine rings is 1. The van der Waals surface area contributed by atoms with E-state index in [0.717, 1.165) is 46.6 Å². The zero-order valence-electron chi connectivity index (χ0n) is 16.8. The summed E-state index contributed by atoms with van der Waals surface area (Å²) in [6.07, 6.45) is -4.03. The summed E-state index contributed by atoms with van der Waals surface area (Å²) in [5.41, 5.74) is 2.64. The van der Waals surface area contributed by atoms with Gasteiger partial charge in [0.15, 0.2) is 6.61 Å². The van der Waals surface area contributed by atoms with Gasteiger partial charge in [-0.05, 0) is 41.8 Å². The van der Waals surface area contributed by atoms with Crippen molar-refractivity contribution in [3.8, 4) is 5.75 Å². The Morgan fingerprint density at radius 3 is 2.38 bits per heavy atom. The van der Waals surface area contributed by atoms with Crippen molar-refractivity contribution in [3.05, 3.63) is 60.3 Å². The Labute approximate surface area is 182 Å². The van der Waals surface area contributed by atoms with Crippen LogP contribution in [0.3, 0.4) is 0 Å². The third-order valence-electron chi connectivity index (χ3n) is 4.99. The molecule has 170 valence electrons. The lowest BCUT2D eigenvalue weighted by Crippen LogP contribution is -2.38. The largest absolute Gasteiger partial charge is 0.573 e. The van der Waals surface area contributed by atoms with E-state index >= 15 is 0 Å². The van der Waals surface area contributed by atoms with Gasteiger partial charge in [0.1, 0.15) is 5.75 Å². The molecule has 0 saturated carbocycles. The third kappa shape index (κ3) is 5.22. The molecule has 1 aliphatic rings. The molecule has 3 aromatic rings. The first kappa shape index (κ1) is 22.2. The van der Waals surface area contributed by atoms with E-state index in [2.05, 4.69) is 14.9 Å². The van der Waals surface area contributed by atoms with Gasteiger partial charge in [-0.25, -0.2) is 8.42 Å². The molecule has 1 aromatic heterocycles. The van der Waals surface area contributed by atoms with Gasteiger partial charge in [-0.1, -0.05) is 23.4 Å². The number of aromatic nitrogens is 1. The van der Waals surface area contributed by atoms with Crippen molar-refractivity contribution < 1.29 is 31.2 Å². The SMILES string of the molecule is O=S(=O)(c1ccc(OC(F)(F)F)cc1)N1CCC(=NOCc2cc3ccccc3[nH]2)CC1. The lowest BCUT2D eigenvalue weighted by atomic mass is 10.1. The average molecular weight is 467 g/mol. The maximum absolute atomic E-state index is 12.8. The molecule has 1 saturated heterocycles. The van der Waals surface area contributed by atoms with E-state index in [9.17, 15) is 21.6 Å². The van der Waals surface area contributed by atoms with Crippen LogP contribution in [-0.4, -0.2) is 42.9 Å². The smallest absolute Gasteiger partial charge is 0.406 e. The van der Waals surface area contributed by atoms with Crippen molar-refractivity contribution in [1.29, 1.82) is 0 Å². The number of benzene rings is 2. The standard InChI is InChI=1S/C21H20F3N3O4S/c22-21(23,24)31-18-5-7-19(8-6-18)32(28,29)27-11-9-16(10-12-27)26-30-14-17-13-15-3-1-2-4-20(15)25-17/h1-8,13,25H,9-12,14H2. The Morgan fingerprint density at radius 2 is 1.72 bits per heavy atom. The molecule has 11 heteroatoms. The van der Waals surface area contributed by atoms with Gasteiger partial charge < -0.3 is 14.6 Å². The molecular weight excluding hydrogens is 447 g/mol. The van der Waals surface area contributed by atoms with Gasteiger partial charge >= 0.3 is 6.36 Å². The van der Waals surface area contributed by atoms with E-state index in [1.807, 2.05) is 30.3 Å². The Hall–Kier alpha value is -3.05. The molecule has 1 N–H and O–H groups in total. The topological polar surface area (TPSA) is 84.0 Å². The number of halogens is 3. The Balaban J connectivity index is 1.32. The molecule has 0 radical (unpaired) electrons. The summed E-state index contributed by atoms with van der Waals surface area (Å²) in [4.78, 5) is 8.58. The molecule has 0 amide bonds. The molecule has 2 aromatic carbocycles. The van der Waals surface area contributed by atoms with E-state index < -0.39 is 22.1 Å². The summed E-state index contributed by atoms with van der Waals surface area (Å²) < 4.78 is 67.4. The maximum atomic E-state index is 12.8. The van der Waals surface area contributed by atoms with Gasteiger partial charge in [0, 0.05) is 31.4 Å². The first-order chi connectivity index (χ1) is 15.2. The van der Waals surface area contributed by atoms with Crippen LogP contribution in [0, 0.1) is 0 Å². The molecule has 0 atom stereocenters. The minimum absolute atomic E-state index is 0.0949. The molecule has 0 spiro atoms. The van der Waals surface area contributed by atoms with Gasteiger partial charge in [-0.2, -0.15) is 4.31 Å². The summed E-state index contributed by atoms with van der Waals surface area (Å²) >= 11 is 0. The first-order valence-electron chi connectivity index (χ1n) is 9.81. The zero-order chi connectivity index (χ0) is 22.8. The molecule has 2 heterocycles. The van der Waals surface area contributed by atoms with Crippen molar-refractivity contribution in [2.45, 2.75) is 30.7 Å². The summed E-state index contributed by atoms with van der Waals surface area (Å²) in [5, 5.41) is 5.21. The predicted molar refractivity (Wildman–Crippen MR) is 112 cm³/mol. The van der Waals surface area contributed by atoms with Crippen LogP contribution in [0.2, 0.25) is 0 Å². The fraction of sp³-hybridized carbons (Fsp3) is 0.286. The lowest BCUT2D eigenvalue weighted by molar-refractivity contribution is -0.274. The number of aromatic amines is 1. The highest BCUT2D eigenvalue weighted by Gasteiger charge is 2.32. The first-order valence-corrected chi connectivity index (χ1v) is 11.2. The maximum Gasteiger partial charge on any atom is 0.573 e. The molecule has 0 bridgehead atoms. The van der Waals surface area contributed by atoms with Crippen LogP contribution in [0.5, 0.6) is 5.75 Å². The summed E-state index contributed by atoms with van der Waals surface area (Å²) in [6, 6.07) is 14.0. The van der Waals surface area contributed by atoms with Gasteiger partial charge in [-0.3, -0.25) is 0 Å². The third-order valence-corrected chi connectivity index (χ3v) is 6.91. The minimum Gasteiger partial charge on any atom is -0.406 e. The Morgan fingerprint density at radius 1 is 1.03 bits per heavy atom. The van der Waals surface area contributed by atoms with Crippen LogP contribution in [0.1, 0.15) is 18.5 Å². The molecule has 1 aliphatic heterocycles. The summed E-state index contributed by atoms with van der Waals surface area (Å²) in [6.45, 7) is 0.683. The van der Waals surface area contributed by atoms with Crippen molar-refractivity contribution in [3.63, 3.8) is 0 Å². The second kappa shape index (κ2) is 8.83. The second-order valence-electron chi connectivity index (χ2n) is 7.24. The highest BCUT2D eigenvalue weighted by Crippen LogP contribution is 2.26. The normalized spacial score (nSPS) is 15.7. The Kier molecular flexibility index (Phi) is 6.11. The van der Waals surface area contributed by atoms with E-state index in [1.165, 1.54) is 4.31 Å². The van der Waals surface area contributed by atoms with Crippen LogP contribution in [0.4, 0.5) is 13.2 Å². The number of sulfonamides is 1. The number of hydrogen-bond acceptors (Lipinski definition) is 5. The molecule has 0 unspecified atom stereocenters. The monoisotopic (exact) mass is 467 g/mol. The number of rotatable bonds is 6. The van der Waals surface area contributed by atoms with Gasteiger partial charge in [0.05, 0.1) is 16.3 Å². The summed E-state index contributed by atoms with van der Waals surface area (Å²) in [5.74, 6) is -0.475.